The van der Waals surface area contributed by atoms with Crippen molar-refractivity contribution < 1.29 is 14.2 Å². The molecule has 0 spiro atoms. The average Bonchev–Trinajstić information content (AvgIpc) is 3.18. The smallest absolute Gasteiger partial charge is 0.191 e. The maximum atomic E-state index is 6.09. The molecule has 7 heteroatoms. The topological polar surface area (TPSA) is 64.1 Å². The summed E-state index contributed by atoms with van der Waals surface area (Å²) in [6.45, 7) is 3.85. The van der Waals surface area contributed by atoms with Gasteiger partial charge in [-0.3, -0.25) is 4.99 Å². The minimum Gasteiger partial charge on any atom is -0.490 e. The highest BCUT2D eigenvalue weighted by molar-refractivity contribution is 14.0. The molecule has 28 heavy (non-hydrogen) atoms. The maximum absolute atomic E-state index is 6.09. The van der Waals surface area contributed by atoms with Gasteiger partial charge in [-0.2, -0.15) is 0 Å². The number of hydrogen-bond acceptors (Lipinski definition) is 4. The molecule has 1 aromatic carbocycles. The van der Waals surface area contributed by atoms with E-state index in [2.05, 4.69) is 27.8 Å². The molecule has 2 aliphatic rings. The quantitative estimate of drug-likeness (QED) is 0.222. The first kappa shape index (κ1) is 23.2. The summed E-state index contributed by atoms with van der Waals surface area (Å²) in [5.41, 5.74) is 1.16. The van der Waals surface area contributed by atoms with E-state index in [1.54, 1.807) is 7.05 Å². The molecule has 0 bridgehead atoms. The molecule has 3 rings (SSSR count). The van der Waals surface area contributed by atoms with E-state index in [0.717, 1.165) is 56.3 Å². The van der Waals surface area contributed by atoms with Crippen molar-refractivity contribution in [3.8, 4) is 5.75 Å². The first-order valence-corrected chi connectivity index (χ1v) is 10.2. The van der Waals surface area contributed by atoms with E-state index < -0.39 is 0 Å². The van der Waals surface area contributed by atoms with Gasteiger partial charge in [0.2, 0.25) is 0 Å². The summed E-state index contributed by atoms with van der Waals surface area (Å²) in [5, 5.41) is 6.71. The van der Waals surface area contributed by atoms with E-state index in [1.807, 2.05) is 12.1 Å². The highest BCUT2D eigenvalue weighted by Crippen LogP contribution is 2.27. The summed E-state index contributed by atoms with van der Waals surface area (Å²) in [4.78, 5) is 4.29. The Morgan fingerprint density at radius 3 is 2.75 bits per heavy atom. The van der Waals surface area contributed by atoms with E-state index in [4.69, 9.17) is 14.2 Å². The van der Waals surface area contributed by atoms with Gasteiger partial charge in [-0.15, -0.1) is 24.0 Å². The van der Waals surface area contributed by atoms with E-state index >= 15 is 0 Å². The Kier molecular flexibility index (Phi) is 11.0. The molecule has 1 aliphatic carbocycles. The van der Waals surface area contributed by atoms with Gasteiger partial charge in [-0.1, -0.05) is 18.2 Å². The van der Waals surface area contributed by atoms with Gasteiger partial charge in [0.25, 0.3) is 0 Å². The number of nitrogens with one attached hydrogen (secondary N) is 2. The lowest BCUT2D eigenvalue weighted by atomic mass is 9.96. The van der Waals surface area contributed by atoms with E-state index in [-0.39, 0.29) is 24.0 Å². The van der Waals surface area contributed by atoms with Gasteiger partial charge >= 0.3 is 0 Å². The standard InChI is InChI=1S/C21H33N3O3.HI/c1-22-21(23-12-6-13-25-16-19-10-5-14-26-19)24-15-17-7-2-3-11-20(17)27-18-8-4-9-18;/h2-3,7,11,18-19H,4-6,8-10,12-16H2,1H3,(H2,22,23,24);1H. The van der Waals surface area contributed by atoms with Crippen LogP contribution in [0.15, 0.2) is 29.3 Å². The average molecular weight is 503 g/mol. The highest BCUT2D eigenvalue weighted by atomic mass is 127. The third-order valence-corrected chi connectivity index (χ3v) is 5.07. The zero-order valence-corrected chi connectivity index (χ0v) is 19.2. The molecule has 1 saturated heterocycles. The highest BCUT2D eigenvalue weighted by Gasteiger charge is 2.20. The number of para-hydroxylation sites is 1. The van der Waals surface area contributed by atoms with Crippen molar-refractivity contribution in [3.05, 3.63) is 29.8 Å². The zero-order valence-electron chi connectivity index (χ0n) is 16.8. The van der Waals surface area contributed by atoms with Gasteiger partial charge < -0.3 is 24.8 Å². The molecular formula is C21H34IN3O3. The second-order valence-electron chi connectivity index (χ2n) is 7.19. The van der Waals surface area contributed by atoms with Crippen molar-refractivity contribution in [2.24, 2.45) is 4.99 Å². The minimum atomic E-state index is 0. The summed E-state index contributed by atoms with van der Waals surface area (Å²) in [6.07, 6.45) is 7.52. The van der Waals surface area contributed by atoms with Crippen LogP contribution in [0.3, 0.4) is 0 Å². The first-order chi connectivity index (χ1) is 13.3. The van der Waals surface area contributed by atoms with Crippen molar-refractivity contribution in [2.45, 2.75) is 57.3 Å². The van der Waals surface area contributed by atoms with Crippen molar-refractivity contribution >= 4 is 29.9 Å². The Morgan fingerprint density at radius 1 is 1.18 bits per heavy atom. The van der Waals surface area contributed by atoms with E-state index in [9.17, 15) is 0 Å². The molecular weight excluding hydrogens is 469 g/mol. The summed E-state index contributed by atoms with van der Waals surface area (Å²) >= 11 is 0. The fraction of sp³-hybridized carbons (Fsp3) is 0.667. The summed E-state index contributed by atoms with van der Waals surface area (Å²) in [5.74, 6) is 1.78. The molecule has 1 heterocycles. The van der Waals surface area contributed by atoms with Gasteiger partial charge in [0.1, 0.15) is 5.75 Å². The summed E-state index contributed by atoms with van der Waals surface area (Å²) < 4.78 is 17.3. The molecule has 0 amide bonds. The van der Waals surface area contributed by atoms with Crippen LogP contribution < -0.4 is 15.4 Å². The number of rotatable bonds is 10. The molecule has 2 fully saturated rings. The van der Waals surface area contributed by atoms with Crippen LogP contribution in [0, 0.1) is 0 Å². The van der Waals surface area contributed by atoms with Gasteiger partial charge in [0.05, 0.1) is 18.8 Å². The Balaban J connectivity index is 0.00000280. The molecule has 1 aromatic rings. The fourth-order valence-corrected chi connectivity index (χ4v) is 3.20. The molecule has 1 aliphatic heterocycles. The maximum Gasteiger partial charge on any atom is 0.191 e. The Bertz CT molecular complexity index is 590. The first-order valence-electron chi connectivity index (χ1n) is 10.2. The summed E-state index contributed by atoms with van der Waals surface area (Å²) in [7, 11) is 1.79. The number of hydrogen-bond donors (Lipinski definition) is 2. The second kappa shape index (κ2) is 13.2. The van der Waals surface area contributed by atoms with E-state index in [1.165, 1.54) is 19.3 Å². The van der Waals surface area contributed by atoms with Crippen molar-refractivity contribution in [3.63, 3.8) is 0 Å². The molecule has 2 N–H and O–H groups in total. The second-order valence-corrected chi connectivity index (χ2v) is 7.19. The molecule has 1 atom stereocenters. The van der Waals surface area contributed by atoms with Gasteiger partial charge in [-0.25, -0.2) is 0 Å². The zero-order chi connectivity index (χ0) is 18.7. The van der Waals surface area contributed by atoms with Gasteiger partial charge in [0.15, 0.2) is 5.96 Å². The number of ether oxygens (including phenoxy) is 3. The Morgan fingerprint density at radius 2 is 2.04 bits per heavy atom. The third kappa shape index (κ3) is 7.75. The van der Waals surface area contributed by atoms with Crippen molar-refractivity contribution in [2.75, 3.05) is 33.4 Å². The largest absolute Gasteiger partial charge is 0.490 e. The van der Waals surface area contributed by atoms with E-state index in [0.29, 0.717) is 25.4 Å². The number of nitrogens with zero attached hydrogens (tertiary/aromatic N) is 1. The molecule has 6 nitrogen and oxygen atoms in total. The normalized spacial score (nSPS) is 19.6. The van der Waals surface area contributed by atoms with Crippen molar-refractivity contribution in [1.29, 1.82) is 0 Å². The molecule has 0 aromatic heterocycles. The van der Waals surface area contributed by atoms with Crippen LogP contribution in [0.5, 0.6) is 5.75 Å². The van der Waals surface area contributed by atoms with Crippen LogP contribution in [0.25, 0.3) is 0 Å². The minimum absolute atomic E-state index is 0. The molecule has 1 unspecified atom stereocenters. The predicted octanol–water partition coefficient (Wildman–Crippen LogP) is 3.49. The Hall–Kier alpha value is -1.06. The number of benzene rings is 1. The van der Waals surface area contributed by atoms with Crippen LogP contribution in [-0.4, -0.2) is 51.6 Å². The lowest BCUT2D eigenvalue weighted by molar-refractivity contribution is 0.0168. The van der Waals surface area contributed by atoms with Crippen LogP contribution in [0.2, 0.25) is 0 Å². The third-order valence-electron chi connectivity index (χ3n) is 5.07. The van der Waals surface area contributed by atoms with Gasteiger partial charge in [-0.05, 0) is 44.6 Å². The fourth-order valence-electron chi connectivity index (χ4n) is 3.20. The number of guanidine groups is 1. The lowest BCUT2D eigenvalue weighted by Gasteiger charge is -2.27. The Labute approximate surface area is 185 Å². The lowest BCUT2D eigenvalue weighted by Crippen LogP contribution is -2.37. The predicted molar refractivity (Wildman–Crippen MR) is 123 cm³/mol. The van der Waals surface area contributed by atoms with Crippen molar-refractivity contribution in [1.82, 2.24) is 10.6 Å². The van der Waals surface area contributed by atoms with Gasteiger partial charge in [0, 0.05) is 38.9 Å². The van der Waals surface area contributed by atoms with Crippen LogP contribution in [0.4, 0.5) is 0 Å². The number of aliphatic imine (C=N–C) groups is 1. The summed E-state index contributed by atoms with van der Waals surface area (Å²) in [6, 6.07) is 8.23. The SMILES string of the molecule is CN=C(NCCCOCC1CCCO1)NCc1ccccc1OC1CCC1.I. The molecule has 1 saturated carbocycles. The molecule has 158 valence electrons. The van der Waals surface area contributed by atoms with Crippen LogP contribution >= 0.6 is 24.0 Å². The van der Waals surface area contributed by atoms with Crippen LogP contribution in [0.1, 0.15) is 44.1 Å². The van der Waals surface area contributed by atoms with Crippen LogP contribution in [-0.2, 0) is 16.0 Å². The monoisotopic (exact) mass is 503 g/mol. The number of halogens is 1. The molecule has 0 radical (unpaired) electrons.